The van der Waals surface area contributed by atoms with Gasteiger partial charge >= 0.3 is 18.0 Å². The van der Waals surface area contributed by atoms with Crippen molar-refractivity contribution in [1.82, 2.24) is 25.0 Å². The van der Waals surface area contributed by atoms with Gasteiger partial charge in [-0.25, -0.2) is 22.8 Å². The molecular weight excluding hydrogens is 570 g/mol. The molecule has 1 aromatic rings. The summed E-state index contributed by atoms with van der Waals surface area (Å²) in [7, 11) is -3.48. The van der Waals surface area contributed by atoms with E-state index in [2.05, 4.69) is 20.5 Å². The van der Waals surface area contributed by atoms with Crippen molar-refractivity contribution in [3.05, 3.63) is 30.1 Å². The van der Waals surface area contributed by atoms with Gasteiger partial charge in [0.2, 0.25) is 10.0 Å². The van der Waals surface area contributed by atoms with Gasteiger partial charge in [0.05, 0.1) is 31.6 Å². The number of nitrogens with one attached hydrogen (secondary N) is 2. The van der Waals surface area contributed by atoms with Gasteiger partial charge in [-0.1, -0.05) is 42.6 Å². The number of aromatic nitrogens is 1. The number of carbonyl (C=O) groups excluding carboxylic acids is 1. The van der Waals surface area contributed by atoms with E-state index in [0.717, 1.165) is 83.2 Å². The molecule has 0 aromatic carbocycles. The number of rotatable bonds is 15. The molecule has 1 saturated carbocycles. The predicted molar refractivity (Wildman–Crippen MR) is 154 cm³/mol. The van der Waals surface area contributed by atoms with Crippen LogP contribution in [0.25, 0.3) is 0 Å². The average molecular weight is 616 g/mol. The molecule has 1 aromatic heterocycles. The number of amides is 2. The number of unbranched alkanes of at least 4 members (excludes halogenated alkanes) is 3. The largest absolute Gasteiger partial charge is 0.473 e. The molecule has 2 aliphatic rings. The maximum atomic E-state index is 13.2. The fraction of sp³-hybridized carbons (Fsp3) is 0.704. The number of hydrogen-bond donors (Lipinski definition) is 4. The number of aliphatic carboxylic acids is 2. The zero-order valence-corrected chi connectivity index (χ0v) is 24.9. The number of morpholine rings is 1. The molecule has 42 heavy (non-hydrogen) atoms. The molecule has 15 heteroatoms. The lowest BCUT2D eigenvalue weighted by molar-refractivity contribution is -0.159. The standard InChI is InChI=1S/C25H43N5O5S.C2H2O4/c31-25(28-22-23-9-8-12-26-21-23)27-13-6-1-2-7-20-36(32,33)30(24-10-4-3-5-11-24)35-19-16-29-14-17-34-18-15-29;3-1(4)2(5)6/h8-9,12,21,24H,1-7,10-11,13-20,22H2,(H2,27,28,31);(H,3,4)(H,5,6). The van der Waals surface area contributed by atoms with Crippen LogP contribution in [0.15, 0.2) is 24.5 Å². The quantitative estimate of drug-likeness (QED) is 0.128. The summed E-state index contributed by atoms with van der Waals surface area (Å²) in [5, 5.41) is 20.4. The Morgan fingerprint density at radius 1 is 1.02 bits per heavy atom. The first-order chi connectivity index (χ1) is 20.2. The van der Waals surface area contributed by atoms with Gasteiger partial charge in [-0.05, 0) is 37.3 Å². The van der Waals surface area contributed by atoms with Crippen molar-refractivity contribution in [1.29, 1.82) is 0 Å². The van der Waals surface area contributed by atoms with E-state index in [9.17, 15) is 13.2 Å². The number of carboxylic acid groups (broad SMARTS) is 2. The van der Waals surface area contributed by atoms with Crippen LogP contribution in [-0.2, 0) is 35.7 Å². The van der Waals surface area contributed by atoms with Gasteiger partial charge < -0.3 is 25.6 Å². The van der Waals surface area contributed by atoms with Crippen molar-refractivity contribution in [3.63, 3.8) is 0 Å². The van der Waals surface area contributed by atoms with E-state index >= 15 is 0 Å². The fourth-order valence-electron chi connectivity index (χ4n) is 4.59. The first-order valence-electron chi connectivity index (χ1n) is 14.5. The summed E-state index contributed by atoms with van der Waals surface area (Å²) in [4.78, 5) is 42.3. The Hall–Kier alpha value is -2.85. The van der Waals surface area contributed by atoms with E-state index in [-0.39, 0.29) is 17.8 Å². The van der Waals surface area contributed by atoms with E-state index in [1.807, 2.05) is 12.1 Å². The normalized spacial score (nSPS) is 16.3. The molecule has 1 aliphatic carbocycles. The molecule has 3 rings (SSSR count). The summed E-state index contributed by atoms with van der Waals surface area (Å²) in [5.41, 5.74) is 0.946. The first-order valence-corrected chi connectivity index (χ1v) is 16.1. The van der Waals surface area contributed by atoms with Crippen molar-refractivity contribution in [2.24, 2.45) is 0 Å². The average Bonchev–Trinajstić information content (AvgIpc) is 2.99. The van der Waals surface area contributed by atoms with E-state index in [1.165, 1.54) is 4.47 Å². The van der Waals surface area contributed by atoms with Crippen molar-refractivity contribution in [2.45, 2.75) is 70.4 Å². The van der Waals surface area contributed by atoms with Gasteiger partial charge in [-0.3, -0.25) is 14.7 Å². The lowest BCUT2D eigenvalue weighted by atomic mass is 9.96. The topological polar surface area (TPSA) is 188 Å². The van der Waals surface area contributed by atoms with Crippen LogP contribution >= 0.6 is 0 Å². The number of carboxylic acids is 2. The van der Waals surface area contributed by atoms with Gasteiger partial charge in [0.1, 0.15) is 0 Å². The van der Waals surface area contributed by atoms with E-state index in [4.69, 9.17) is 29.4 Å². The van der Waals surface area contributed by atoms with Crippen LogP contribution in [-0.4, -0.2) is 109 Å². The van der Waals surface area contributed by atoms with Crippen LogP contribution in [0.4, 0.5) is 4.79 Å². The van der Waals surface area contributed by atoms with Crippen LogP contribution in [0, 0.1) is 0 Å². The van der Waals surface area contributed by atoms with Crippen LogP contribution in [0.3, 0.4) is 0 Å². The molecular formula is C27H45N5O9S. The number of urea groups is 1. The van der Waals surface area contributed by atoms with Gasteiger partial charge in [0.25, 0.3) is 0 Å². The minimum Gasteiger partial charge on any atom is -0.473 e. The third-order valence-corrected chi connectivity index (χ3v) is 8.61. The SMILES string of the molecule is O=C(NCCCCCCS(=O)(=O)N(OCCN1CCOCC1)C1CCCCC1)NCc1cccnc1.O=C(O)C(=O)O. The Morgan fingerprint density at radius 3 is 2.36 bits per heavy atom. The van der Waals surface area contributed by atoms with Crippen LogP contribution in [0.2, 0.25) is 0 Å². The number of nitrogens with zero attached hydrogens (tertiary/aromatic N) is 3. The monoisotopic (exact) mass is 615 g/mol. The predicted octanol–water partition coefficient (Wildman–Crippen LogP) is 1.83. The summed E-state index contributed by atoms with van der Waals surface area (Å²) >= 11 is 0. The third kappa shape index (κ3) is 14.9. The Balaban J connectivity index is 0.000000928. The van der Waals surface area contributed by atoms with E-state index in [1.54, 1.807) is 12.4 Å². The van der Waals surface area contributed by atoms with Crippen LogP contribution in [0.5, 0.6) is 0 Å². The number of sulfonamides is 1. The molecule has 0 unspecified atom stereocenters. The van der Waals surface area contributed by atoms with Gasteiger partial charge in [-0.2, -0.15) is 0 Å². The number of pyridine rings is 1. The third-order valence-electron chi connectivity index (χ3n) is 6.85. The zero-order valence-electron chi connectivity index (χ0n) is 24.1. The first kappa shape index (κ1) is 35.3. The highest BCUT2D eigenvalue weighted by molar-refractivity contribution is 7.88. The van der Waals surface area contributed by atoms with Crippen LogP contribution in [0.1, 0.15) is 63.4 Å². The van der Waals surface area contributed by atoms with Gasteiger partial charge in [0, 0.05) is 45.1 Å². The second-order valence-electron chi connectivity index (χ2n) is 10.1. The second-order valence-corrected chi connectivity index (χ2v) is 12.1. The molecule has 1 aliphatic heterocycles. The molecule has 4 N–H and O–H groups in total. The fourth-order valence-corrected chi connectivity index (χ4v) is 6.24. The molecule has 2 fully saturated rings. The number of hydrogen-bond acceptors (Lipinski definition) is 9. The highest BCUT2D eigenvalue weighted by Crippen LogP contribution is 2.26. The summed E-state index contributed by atoms with van der Waals surface area (Å²) in [6, 6.07) is 3.48. The molecule has 14 nitrogen and oxygen atoms in total. The summed E-state index contributed by atoms with van der Waals surface area (Å²) in [6.45, 7) is 5.25. The molecule has 0 radical (unpaired) electrons. The lowest BCUT2D eigenvalue weighted by Gasteiger charge is -2.33. The molecule has 0 bridgehead atoms. The molecule has 2 amide bonds. The minimum atomic E-state index is -3.48. The minimum absolute atomic E-state index is 0.0529. The molecule has 1 saturated heterocycles. The smallest absolute Gasteiger partial charge is 0.414 e. The van der Waals surface area contributed by atoms with E-state index < -0.39 is 22.0 Å². The molecule has 238 valence electrons. The van der Waals surface area contributed by atoms with Crippen molar-refractivity contribution in [2.75, 3.05) is 51.8 Å². The van der Waals surface area contributed by atoms with Crippen molar-refractivity contribution < 1.29 is 42.6 Å². The summed E-state index contributed by atoms with van der Waals surface area (Å²) in [6.07, 6.45) is 11.5. The number of carbonyl (C=O) groups is 3. The Bertz CT molecular complexity index is 1020. The molecule has 0 spiro atoms. The Labute approximate surface area is 247 Å². The van der Waals surface area contributed by atoms with Crippen LogP contribution < -0.4 is 10.6 Å². The Morgan fingerprint density at radius 2 is 1.71 bits per heavy atom. The summed E-state index contributed by atoms with van der Waals surface area (Å²) < 4.78 is 33.1. The number of hydroxylamine groups is 1. The van der Waals surface area contributed by atoms with E-state index in [0.29, 0.717) is 32.7 Å². The zero-order chi connectivity index (χ0) is 30.6. The molecule has 0 atom stereocenters. The highest BCUT2D eigenvalue weighted by atomic mass is 32.2. The molecule has 2 heterocycles. The highest BCUT2D eigenvalue weighted by Gasteiger charge is 2.32. The lowest BCUT2D eigenvalue weighted by Crippen LogP contribution is -2.45. The maximum absolute atomic E-state index is 13.2. The van der Waals surface area contributed by atoms with Gasteiger partial charge in [0.15, 0.2) is 0 Å². The Kier molecular flexibility index (Phi) is 16.9. The van der Waals surface area contributed by atoms with Crippen molar-refractivity contribution >= 4 is 28.0 Å². The summed E-state index contributed by atoms with van der Waals surface area (Å²) in [5.74, 6) is -3.55. The van der Waals surface area contributed by atoms with Crippen molar-refractivity contribution in [3.8, 4) is 0 Å². The number of ether oxygens (including phenoxy) is 1. The maximum Gasteiger partial charge on any atom is 0.414 e. The second kappa shape index (κ2) is 20.1. The van der Waals surface area contributed by atoms with Gasteiger partial charge in [-0.15, -0.1) is 0 Å².